The molecule has 1 aliphatic heterocycles. The molecule has 2 heterocycles. The molecule has 1 saturated heterocycles. The van der Waals surface area contributed by atoms with Crippen molar-refractivity contribution in [1.82, 2.24) is 9.97 Å². The number of carbonyl (C=O) groups is 1. The molecule has 1 unspecified atom stereocenters. The summed E-state index contributed by atoms with van der Waals surface area (Å²) in [6, 6.07) is 13.1. The SMILES string of the molecule is COc1cc(Nc2ncc(-c3cccc(/C=C/C(=O)O)c3)c(NC3CCOC3)n2)cc(OC)c1. The number of ether oxygens (including phenoxy) is 3. The van der Waals surface area contributed by atoms with E-state index in [-0.39, 0.29) is 6.04 Å². The fourth-order valence-corrected chi connectivity index (χ4v) is 3.59. The summed E-state index contributed by atoms with van der Waals surface area (Å²) in [6.07, 6.45) is 5.28. The highest BCUT2D eigenvalue weighted by atomic mass is 16.5. The summed E-state index contributed by atoms with van der Waals surface area (Å²) in [4.78, 5) is 20.1. The van der Waals surface area contributed by atoms with E-state index in [1.807, 2.05) is 36.4 Å². The summed E-state index contributed by atoms with van der Waals surface area (Å²) >= 11 is 0. The number of hydrogen-bond donors (Lipinski definition) is 3. The van der Waals surface area contributed by atoms with Gasteiger partial charge in [-0.3, -0.25) is 0 Å². The molecule has 2 aromatic carbocycles. The standard InChI is InChI=1S/C25H26N4O5/c1-32-20-11-19(12-21(13-20)33-2)28-25-26-14-22(24(29-25)27-18-8-9-34-15-18)17-5-3-4-16(10-17)6-7-23(30)31/h3-7,10-14,18H,8-9,15H2,1-2H3,(H,30,31)(H2,26,27,28,29)/b7-6+. The monoisotopic (exact) mass is 462 g/mol. The summed E-state index contributed by atoms with van der Waals surface area (Å²) < 4.78 is 16.2. The summed E-state index contributed by atoms with van der Waals surface area (Å²) in [5.41, 5.74) is 3.15. The molecule has 34 heavy (non-hydrogen) atoms. The first-order chi connectivity index (χ1) is 16.5. The Morgan fingerprint density at radius 1 is 1.18 bits per heavy atom. The molecule has 1 atom stereocenters. The van der Waals surface area contributed by atoms with Gasteiger partial charge >= 0.3 is 5.97 Å². The van der Waals surface area contributed by atoms with E-state index in [4.69, 9.17) is 24.3 Å². The van der Waals surface area contributed by atoms with Crippen LogP contribution < -0.4 is 20.1 Å². The van der Waals surface area contributed by atoms with Crippen molar-refractivity contribution in [3.63, 3.8) is 0 Å². The largest absolute Gasteiger partial charge is 0.497 e. The lowest BCUT2D eigenvalue weighted by molar-refractivity contribution is -0.131. The Balaban J connectivity index is 1.68. The number of nitrogens with zero attached hydrogens (tertiary/aromatic N) is 2. The summed E-state index contributed by atoms with van der Waals surface area (Å²) in [6.45, 7) is 1.29. The lowest BCUT2D eigenvalue weighted by Crippen LogP contribution is -2.20. The number of aromatic nitrogens is 2. The van der Waals surface area contributed by atoms with Crippen LogP contribution in [0.15, 0.2) is 54.7 Å². The minimum absolute atomic E-state index is 0.133. The zero-order chi connectivity index (χ0) is 23.9. The molecule has 0 bridgehead atoms. The van der Waals surface area contributed by atoms with Gasteiger partial charge in [-0.2, -0.15) is 4.98 Å². The number of nitrogens with one attached hydrogen (secondary N) is 2. The van der Waals surface area contributed by atoms with Gasteiger partial charge < -0.3 is 30.0 Å². The van der Waals surface area contributed by atoms with E-state index in [1.54, 1.807) is 32.6 Å². The number of rotatable bonds is 9. The lowest BCUT2D eigenvalue weighted by Gasteiger charge is -2.17. The molecular weight excluding hydrogens is 436 g/mol. The van der Waals surface area contributed by atoms with Crippen LogP contribution in [0, 0.1) is 0 Å². The maximum absolute atomic E-state index is 10.9. The van der Waals surface area contributed by atoms with Crippen LogP contribution in [-0.2, 0) is 9.53 Å². The van der Waals surface area contributed by atoms with Crippen LogP contribution >= 0.6 is 0 Å². The van der Waals surface area contributed by atoms with E-state index in [2.05, 4.69) is 15.6 Å². The van der Waals surface area contributed by atoms with Gasteiger partial charge in [0.25, 0.3) is 0 Å². The van der Waals surface area contributed by atoms with E-state index >= 15 is 0 Å². The molecule has 9 heteroatoms. The average molecular weight is 463 g/mol. The first-order valence-corrected chi connectivity index (χ1v) is 10.8. The first-order valence-electron chi connectivity index (χ1n) is 10.8. The number of methoxy groups -OCH3 is 2. The normalized spacial score (nSPS) is 15.3. The van der Waals surface area contributed by atoms with Crippen molar-refractivity contribution < 1.29 is 24.1 Å². The molecule has 0 aliphatic carbocycles. The van der Waals surface area contributed by atoms with Crippen molar-refractivity contribution in [3.05, 3.63) is 60.3 Å². The molecule has 3 aromatic rings. The first kappa shape index (κ1) is 23.1. The molecule has 0 spiro atoms. The highest BCUT2D eigenvalue weighted by molar-refractivity contribution is 5.86. The molecule has 4 rings (SSSR count). The maximum Gasteiger partial charge on any atom is 0.328 e. The molecule has 0 saturated carbocycles. The van der Waals surface area contributed by atoms with E-state index < -0.39 is 5.97 Å². The zero-order valence-corrected chi connectivity index (χ0v) is 18.9. The van der Waals surface area contributed by atoms with Gasteiger partial charge in [0.05, 0.1) is 26.9 Å². The second-order valence-electron chi connectivity index (χ2n) is 7.68. The van der Waals surface area contributed by atoms with Crippen molar-refractivity contribution in [2.45, 2.75) is 12.5 Å². The highest BCUT2D eigenvalue weighted by Crippen LogP contribution is 2.31. The number of hydrogen-bond acceptors (Lipinski definition) is 8. The van der Waals surface area contributed by atoms with Crippen LogP contribution in [0.25, 0.3) is 17.2 Å². The Labute approximate surface area is 197 Å². The third-order valence-corrected chi connectivity index (χ3v) is 5.28. The molecule has 9 nitrogen and oxygen atoms in total. The number of anilines is 3. The Hall–Kier alpha value is -4.11. The molecule has 176 valence electrons. The number of carboxylic acids is 1. The van der Waals surface area contributed by atoms with Crippen molar-refractivity contribution >= 4 is 29.5 Å². The van der Waals surface area contributed by atoms with Gasteiger partial charge in [0.15, 0.2) is 0 Å². The fourth-order valence-electron chi connectivity index (χ4n) is 3.59. The summed E-state index contributed by atoms with van der Waals surface area (Å²) in [5.74, 6) is 1.35. The highest BCUT2D eigenvalue weighted by Gasteiger charge is 2.19. The van der Waals surface area contributed by atoms with Gasteiger partial charge in [0.2, 0.25) is 5.95 Å². The lowest BCUT2D eigenvalue weighted by atomic mass is 10.0. The van der Waals surface area contributed by atoms with E-state index in [9.17, 15) is 4.79 Å². The van der Waals surface area contributed by atoms with Gasteiger partial charge in [-0.25, -0.2) is 9.78 Å². The van der Waals surface area contributed by atoms with Crippen LogP contribution in [0.1, 0.15) is 12.0 Å². The van der Waals surface area contributed by atoms with Crippen LogP contribution in [0.4, 0.5) is 17.5 Å². The van der Waals surface area contributed by atoms with Crippen molar-refractivity contribution in [1.29, 1.82) is 0 Å². The molecular formula is C25H26N4O5. The number of benzene rings is 2. The Kier molecular flexibility index (Phi) is 7.24. The Morgan fingerprint density at radius 3 is 2.65 bits per heavy atom. The fraction of sp³-hybridized carbons (Fsp3) is 0.240. The van der Waals surface area contributed by atoms with Gasteiger partial charge in [-0.05, 0) is 29.7 Å². The van der Waals surface area contributed by atoms with Crippen molar-refractivity contribution in [2.24, 2.45) is 0 Å². The minimum Gasteiger partial charge on any atom is -0.497 e. The Bertz CT molecular complexity index is 1170. The third-order valence-electron chi connectivity index (χ3n) is 5.28. The van der Waals surface area contributed by atoms with Crippen molar-refractivity contribution in [2.75, 3.05) is 38.1 Å². The van der Waals surface area contributed by atoms with E-state index in [0.717, 1.165) is 34.9 Å². The van der Waals surface area contributed by atoms with Gasteiger partial charge in [-0.15, -0.1) is 0 Å². The summed E-state index contributed by atoms with van der Waals surface area (Å²) in [5, 5.41) is 15.6. The number of carboxylic acid groups (broad SMARTS) is 1. The van der Waals surface area contributed by atoms with Gasteiger partial charge in [0, 0.05) is 48.3 Å². The Morgan fingerprint density at radius 2 is 1.97 bits per heavy atom. The third kappa shape index (κ3) is 5.81. The average Bonchev–Trinajstić information content (AvgIpc) is 3.36. The predicted molar refractivity (Wildman–Crippen MR) is 130 cm³/mol. The zero-order valence-electron chi connectivity index (χ0n) is 18.9. The van der Waals surface area contributed by atoms with E-state index in [0.29, 0.717) is 36.5 Å². The minimum atomic E-state index is -0.998. The van der Waals surface area contributed by atoms with Gasteiger partial charge in [-0.1, -0.05) is 18.2 Å². The second kappa shape index (κ2) is 10.7. The van der Waals surface area contributed by atoms with E-state index in [1.165, 1.54) is 0 Å². The molecule has 0 amide bonds. The maximum atomic E-state index is 10.9. The predicted octanol–water partition coefficient (Wildman–Crippen LogP) is 4.20. The molecule has 3 N–H and O–H groups in total. The van der Waals surface area contributed by atoms with Crippen LogP contribution in [0.2, 0.25) is 0 Å². The smallest absolute Gasteiger partial charge is 0.328 e. The van der Waals surface area contributed by atoms with Crippen LogP contribution in [0.5, 0.6) is 11.5 Å². The molecule has 1 aromatic heterocycles. The summed E-state index contributed by atoms with van der Waals surface area (Å²) in [7, 11) is 3.19. The molecule has 1 fully saturated rings. The van der Waals surface area contributed by atoms with Crippen LogP contribution in [-0.4, -0.2) is 54.5 Å². The van der Waals surface area contributed by atoms with Crippen molar-refractivity contribution in [3.8, 4) is 22.6 Å². The topological polar surface area (TPSA) is 115 Å². The van der Waals surface area contributed by atoms with Crippen LogP contribution in [0.3, 0.4) is 0 Å². The molecule has 0 radical (unpaired) electrons. The molecule has 1 aliphatic rings. The second-order valence-corrected chi connectivity index (χ2v) is 7.68. The quantitative estimate of drug-likeness (QED) is 0.402. The number of aliphatic carboxylic acids is 1. The van der Waals surface area contributed by atoms with Gasteiger partial charge in [0.1, 0.15) is 17.3 Å².